The van der Waals surface area contributed by atoms with Gasteiger partial charge in [0.25, 0.3) is 0 Å². The maximum absolute atomic E-state index is 13.8. The summed E-state index contributed by atoms with van der Waals surface area (Å²) in [6.07, 6.45) is -2.73. The Hall–Kier alpha value is -2.38. The van der Waals surface area contributed by atoms with E-state index in [1.807, 2.05) is 0 Å². The van der Waals surface area contributed by atoms with Gasteiger partial charge < -0.3 is 9.30 Å². The van der Waals surface area contributed by atoms with Crippen LogP contribution in [-0.4, -0.2) is 22.1 Å². The highest BCUT2D eigenvalue weighted by molar-refractivity contribution is 5.87. The van der Waals surface area contributed by atoms with Gasteiger partial charge >= 0.3 is 12.1 Å². The molecule has 1 aromatic heterocycles. The molecule has 0 amide bonds. The molecule has 0 N–H and O–H groups in total. The number of hydrogen-bond acceptors (Lipinski definition) is 3. The Labute approximate surface area is 136 Å². The number of carbonyl (C=O) groups excluding carboxylic acids is 1. The van der Waals surface area contributed by atoms with Gasteiger partial charge in [0.2, 0.25) is 5.95 Å². The van der Waals surface area contributed by atoms with Crippen molar-refractivity contribution < 1.29 is 27.1 Å². The second-order valence-electron chi connectivity index (χ2n) is 5.22. The Morgan fingerprint density at radius 2 is 1.92 bits per heavy atom. The summed E-state index contributed by atoms with van der Waals surface area (Å²) in [4.78, 5) is 15.4. The SMILES string of the molecule is CCCOC(=O)c1c(F)ncn1[C@H](C)c1ccc(C(F)(F)F)cc1. The number of alkyl halides is 3. The third kappa shape index (κ3) is 3.74. The van der Waals surface area contributed by atoms with Crippen LogP contribution < -0.4 is 0 Å². The average molecular weight is 344 g/mol. The van der Waals surface area contributed by atoms with Crippen LogP contribution in [0, 0.1) is 5.95 Å². The van der Waals surface area contributed by atoms with E-state index in [1.54, 1.807) is 13.8 Å². The number of benzene rings is 1. The molecule has 0 spiro atoms. The zero-order valence-electron chi connectivity index (χ0n) is 13.1. The van der Waals surface area contributed by atoms with Crippen LogP contribution in [0.4, 0.5) is 17.6 Å². The fourth-order valence-electron chi connectivity index (χ4n) is 2.20. The highest BCUT2D eigenvalue weighted by Gasteiger charge is 2.30. The molecule has 4 nitrogen and oxygen atoms in total. The van der Waals surface area contributed by atoms with E-state index in [4.69, 9.17) is 4.74 Å². The van der Waals surface area contributed by atoms with Crippen molar-refractivity contribution in [1.29, 1.82) is 0 Å². The first-order valence-electron chi connectivity index (χ1n) is 7.32. The van der Waals surface area contributed by atoms with E-state index in [0.29, 0.717) is 12.0 Å². The van der Waals surface area contributed by atoms with Gasteiger partial charge in [-0.3, -0.25) is 0 Å². The fourth-order valence-corrected chi connectivity index (χ4v) is 2.20. The van der Waals surface area contributed by atoms with Crippen molar-refractivity contribution in [1.82, 2.24) is 9.55 Å². The first-order valence-corrected chi connectivity index (χ1v) is 7.32. The summed E-state index contributed by atoms with van der Waals surface area (Å²) in [7, 11) is 0. The van der Waals surface area contributed by atoms with Crippen molar-refractivity contribution in [2.24, 2.45) is 0 Å². The normalized spacial score (nSPS) is 12.9. The molecule has 24 heavy (non-hydrogen) atoms. The quantitative estimate of drug-likeness (QED) is 0.603. The molecule has 2 aromatic rings. The molecular formula is C16H16F4N2O2. The largest absolute Gasteiger partial charge is 0.461 e. The Bertz CT molecular complexity index is 708. The van der Waals surface area contributed by atoms with Crippen LogP contribution in [0.3, 0.4) is 0 Å². The van der Waals surface area contributed by atoms with Crippen LogP contribution in [0.2, 0.25) is 0 Å². The van der Waals surface area contributed by atoms with E-state index in [2.05, 4.69) is 4.98 Å². The molecule has 1 heterocycles. The van der Waals surface area contributed by atoms with Crippen molar-refractivity contribution in [3.8, 4) is 0 Å². The zero-order valence-corrected chi connectivity index (χ0v) is 13.1. The van der Waals surface area contributed by atoms with Crippen molar-refractivity contribution in [3.05, 3.63) is 53.4 Å². The third-order valence-corrected chi connectivity index (χ3v) is 3.52. The fraction of sp³-hybridized carbons (Fsp3) is 0.375. The molecule has 0 saturated heterocycles. The maximum Gasteiger partial charge on any atom is 0.416 e. The summed E-state index contributed by atoms with van der Waals surface area (Å²) >= 11 is 0. The molecule has 0 unspecified atom stereocenters. The molecule has 0 radical (unpaired) electrons. The third-order valence-electron chi connectivity index (χ3n) is 3.52. The second kappa shape index (κ2) is 7.02. The number of halogens is 4. The summed E-state index contributed by atoms with van der Waals surface area (Å²) in [5.41, 5.74) is -0.654. The Kier molecular flexibility index (Phi) is 5.26. The zero-order chi connectivity index (χ0) is 17.9. The molecule has 0 saturated carbocycles. The Morgan fingerprint density at radius 1 is 1.29 bits per heavy atom. The number of carbonyl (C=O) groups is 1. The van der Waals surface area contributed by atoms with Gasteiger partial charge in [0.1, 0.15) is 0 Å². The standard InChI is InChI=1S/C16H16F4N2O2/c1-3-8-24-15(23)13-14(17)21-9-22(13)10(2)11-4-6-12(7-5-11)16(18,19)20/h4-7,9-10H,3,8H2,1-2H3/t10-/m1/s1. The molecule has 130 valence electrons. The number of ether oxygens (including phenoxy) is 1. The molecule has 0 aliphatic heterocycles. The van der Waals surface area contributed by atoms with Crippen LogP contribution in [-0.2, 0) is 10.9 Å². The number of aromatic nitrogens is 2. The lowest BCUT2D eigenvalue weighted by Crippen LogP contribution is -2.17. The Morgan fingerprint density at radius 3 is 2.46 bits per heavy atom. The van der Waals surface area contributed by atoms with E-state index in [0.717, 1.165) is 18.5 Å². The predicted molar refractivity (Wildman–Crippen MR) is 78.0 cm³/mol. The molecule has 1 aromatic carbocycles. The molecule has 0 aliphatic carbocycles. The molecular weight excluding hydrogens is 328 g/mol. The van der Waals surface area contributed by atoms with Gasteiger partial charge in [-0.1, -0.05) is 19.1 Å². The average Bonchev–Trinajstić information content (AvgIpc) is 2.93. The smallest absolute Gasteiger partial charge is 0.416 e. The number of nitrogens with zero attached hydrogens (tertiary/aromatic N) is 2. The van der Waals surface area contributed by atoms with Gasteiger partial charge in [-0.2, -0.15) is 17.6 Å². The van der Waals surface area contributed by atoms with E-state index in [1.165, 1.54) is 16.7 Å². The van der Waals surface area contributed by atoms with Gasteiger partial charge in [0.05, 0.1) is 24.5 Å². The summed E-state index contributed by atoms with van der Waals surface area (Å²) < 4.78 is 57.8. The molecule has 8 heteroatoms. The second-order valence-corrected chi connectivity index (χ2v) is 5.22. The van der Waals surface area contributed by atoms with Gasteiger partial charge in [-0.05, 0) is 31.0 Å². The monoisotopic (exact) mass is 344 g/mol. The number of esters is 1. The van der Waals surface area contributed by atoms with Crippen LogP contribution in [0.25, 0.3) is 0 Å². The Balaban J connectivity index is 2.30. The van der Waals surface area contributed by atoms with Crippen molar-refractivity contribution in [2.75, 3.05) is 6.61 Å². The highest BCUT2D eigenvalue weighted by atomic mass is 19.4. The van der Waals surface area contributed by atoms with Crippen molar-refractivity contribution in [2.45, 2.75) is 32.5 Å². The van der Waals surface area contributed by atoms with Crippen LogP contribution in [0.5, 0.6) is 0 Å². The molecule has 1 atom stereocenters. The first kappa shape index (κ1) is 18.0. The minimum Gasteiger partial charge on any atom is -0.461 e. The lowest BCUT2D eigenvalue weighted by atomic mass is 10.1. The van der Waals surface area contributed by atoms with Gasteiger partial charge in [-0.25, -0.2) is 9.78 Å². The van der Waals surface area contributed by atoms with E-state index >= 15 is 0 Å². The van der Waals surface area contributed by atoms with Gasteiger partial charge in [0.15, 0.2) is 5.69 Å². The first-order chi connectivity index (χ1) is 11.3. The summed E-state index contributed by atoms with van der Waals surface area (Å²) in [5, 5.41) is 0. The predicted octanol–water partition coefficient (Wildman–Crippen LogP) is 4.22. The summed E-state index contributed by atoms with van der Waals surface area (Å²) in [6.45, 7) is 3.56. The summed E-state index contributed by atoms with van der Waals surface area (Å²) in [5.74, 6) is -1.83. The van der Waals surface area contributed by atoms with Crippen molar-refractivity contribution >= 4 is 5.97 Å². The molecule has 2 rings (SSSR count). The minimum atomic E-state index is -4.43. The van der Waals surface area contributed by atoms with Gasteiger partial charge in [0, 0.05) is 0 Å². The maximum atomic E-state index is 13.8. The number of rotatable bonds is 5. The topological polar surface area (TPSA) is 44.1 Å². The number of hydrogen-bond donors (Lipinski definition) is 0. The van der Waals surface area contributed by atoms with Gasteiger partial charge in [-0.15, -0.1) is 0 Å². The molecule has 0 aliphatic rings. The summed E-state index contributed by atoms with van der Waals surface area (Å²) in [6, 6.07) is 3.86. The van der Waals surface area contributed by atoms with Crippen molar-refractivity contribution in [3.63, 3.8) is 0 Å². The van der Waals surface area contributed by atoms with E-state index in [9.17, 15) is 22.4 Å². The van der Waals surface area contributed by atoms with E-state index < -0.39 is 29.7 Å². The van der Waals surface area contributed by atoms with Crippen LogP contribution in [0.1, 0.15) is 47.9 Å². The molecule has 0 fully saturated rings. The number of imidazole rings is 1. The van der Waals surface area contributed by atoms with Crippen LogP contribution in [0.15, 0.2) is 30.6 Å². The van der Waals surface area contributed by atoms with Crippen LogP contribution >= 0.6 is 0 Å². The van der Waals surface area contributed by atoms with E-state index in [-0.39, 0.29) is 12.3 Å². The minimum absolute atomic E-state index is 0.137. The lowest BCUT2D eigenvalue weighted by molar-refractivity contribution is -0.137. The lowest BCUT2D eigenvalue weighted by Gasteiger charge is -2.17. The molecule has 0 bridgehead atoms. The highest BCUT2D eigenvalue weighted by Crippen LogP contribution is 2.30.